The number of anilines is 2. The Labute approximate surface area is 198 Å². The van der Waals surface area contributed by atoms with Gasteiger partial charge in [0.05, 0.1) is 11.6 Å². The molecular weight excluding hydrogens is 462 g/mol. The molecule has 4 aliphatic rings. The summed E-state index contributed by atoms with van der Waals surface area (Å²) in [6, 6.07) is 16.4. The third-order valence-electron chi connectivity index (χ3n) is 8.44. The van der Waals surface area contributed by atoms with E-state index in [1.807, 2.05) is 24.4 Å². The van der Waals surface area contributed by atoms with Gasteiger partial charge in [-0.25, -0.2) is 4.98 Å². The van der Waals surface area contributed by atoms with E-state index in [1.54, 1.807) is 0 Å². The van der Waals surface area contributed by atoms with Crippen LogP contribution in [0.5, 0.6) is 0 Å². The summed E-state index contributed by atoms with van der Waals surface area (Å²) < 4.78 is 1.11. The summed E-state index contributed by atoms with van der Waals surface area (Å²) in [5.74, 6) is 3.06. The van der Waals surface area contributed by atoms with E-state index in [4.69, 9.17) is 4.98 Å². The lowest BCUT2D eigenvalue weighted by atomic mass is 9.80. The fraction of sp³-hybridized carbons (Fsp3) is 0.538. The standard InChI is InChI=1S/C26H30BrN5/c27-20-9-10-29-25(12-20)32-15-18-3-1-2-4-23(18)30-14-22-24-11-19(26(22)32)16-31(24)21-7-5-17(13-28)6-8-21/h5-10,12,18-19,22-24,26,30H,1-4,11,14-16H2. The highest BCUT2D eigenvalue weighted by molar-refractivity contribution is 9.10. The molecule has 3 heterocycles. The Morgan fingerprint density at radius 1 is 1.03 bits per heavy atom. The molecule has 2 aliphatic carbocycles. The van der Waals surface area contributed by atoms with E-state index in [0.717, 1.165) is 35.5 Å². The molecule has 0 amide bonds. The smallest absolute Gasteiger partial charge is 0.129 e. The summed E-state index contributed by atoms with van der Waals surface area (Å²) in [6.45, 7) is 3.29. The van der Waals surface area contributed by atoms with Crippen LogP contribution in [0, 0.1) is 29.1 Å². The molecule has 1 aromatic heterocycles. The molecule has 1 N–H and O–H groups in total. The Bertz CT molecular complexity index is 1020. The molecule has 0 spiro atoms. The van der Waals surface area contributed by atoms with Crippen LogP contribution in [-0.4, -0.2) is 42.7 Å². The van der Waals surface area contributed by atoms with Crippen LogP contribution in [0.25, 0.3) is 0 Å². The molecule has 5 nitrogen and oxygen atoms in total. The third kappa shape index (κ3) is 3.50. The maximum Gasteiger partial charge on any atom is 0.129 e. The number of nitriles is 1. The van der Waals surface area contributed by atoms with Crippen molar-refractivity contribution in [2.75, 3.05) is 29.4 Å². The summed E-state index contributed by atoms with van der Waals surface area (Å²) >= 11 is 3.69. The van der Waals surface area contributed by atoms with Crippen LogP contribution in [-0.2, 0) is 0 Å². The number of nitrogens with zero attached hydrogens (tertiary/aromatic N) is 4. The van der Waals surface area contributed by atoms with Gasteiger partial charge in [-0.2, -0.15) is 5.26 Å². The third-order valence-corrected chi connectivity index (χ3v) is 8.93. The number of fused-ring (bicyclic) bond motifs is 6. The zero-order chi connectivity index (χ0) is 21.7. The number of nitrogens with one attached hydrogen (secondary N) is 1. The average Bonchev–Trinajstić information content (AvgIpc) is 3.39. The van der Waals surface area contributed by atoms with Gasteiger partial charge in [0.1, 0.15) is 5.82 Å². The SMILES string of the molecule is N#Cc1ccc(N2CC3CC2C2CNC4CCCCC4CN(c4cc(Br)ccn4)C32)cc1. The number of halogens is 1. The Morgan fingerprint density at radius 2 is 1.84 bits per heavy atom. The summed E-state index contributed by atoms with van der Waals surface area (Å²) in [5.41, 5.74) is 2.00. The number of pyridine rings is 1. The second-order valence-electron chi connectivity index (χ2n) is 10.1. The molecule has 6 atom stereocenters. The van der Waals surface area contributed by atoms with Gasteiger partial charge in [-0.1, -0.05) is 28.8 Å². The second kappa shape index (κ2) is 8.35. The Kier molecular flexibility index (Phi) is 5.35. The average molecular weight is 492 g/mol. The van der Waals surface area contributed by atoms with Gasteiger partial charge in [0.15, 0.2) is 0 Å². The first-order chi connectivity index (χ1) is 15.7. The first-order valence-electron chi connectivity index (χ1n) is 12.1. The minimum Gasteiger partial charge on any atom is -0.368 e. The molecule has 6 rings (SSSR count). The fourth-order valence-electron chi connectivity index (χ4n) is 7.05. The topological polar surface area (TPSA) is 55.2 Å². The molecule has 1 aromatic carbocycles. The van der Waals surface area contributed by atoms with E-state index in [0.29, 0.717) is 35.9 Å². The van der Waals surface area contributed by atoms with Crippen LogP contribution >= 0.6 is 15.9 Å². The van der Waals surface area contributed by atoms with Crippen LogP contribution in [0.4, 0.5) is 11.5 Å². The van der Waals surface area contributed by atoms with Crippen molar-refractivity contribution in [2.24, 2.45) is 17.8 Å². The van der Waals surface area contributed by atoms with Crippen molar-refractivity contribution in [1.29, 1.82) is 5.26 Å². The minimum atomic E-state index is 0.534. The van der Waals surface area contributed by atoms with Gasteiger partial charge < -0.3 is 15.1 Å². The van der Waals surface area contributed by atoms with Gasteiger partial charge in [0.25, 0.3) is 0 Å². The number of piperidine rings is 1. The van der Waals surface area contributed by atoms with Crippen molar-refractivity contribution in [3.05, 3.63) is 52.6 Å². The number of hydrogen-bond donors (Lipinski definition) is 1. The maximum absolute atomic E-state index is 9.18. The molecule has 2 aromatic rings. The van der Waals surface area contributed by atoms with Gasteiger partial charge in [0.2, 0.25) is 0 Å². The molecule has 4 fully saturated rings. The van der Waals surface area contributed by atoms with Gasteiger partial charge in [-0.15, -0.1) is 0 Å². The van der Waals surface area contributed by atoms with Crippen LogP contribution < -0.4 is 15.1 Å². The normalized spacial score (nSPS) is 33.8. The summed E-state index contributed by atoms with van der Waals surface area (Å²) in [5, 5.41) is 13.2. The highest BCUT2D eigenvalue weighted by atomic mass is 79.9. The Balaban J connectivity index is 1.34. The number of hydrogen-bond acceptors (Lipinski definition) is 5. The first-order valence-corrected chi connectivity index (χ1v) is 12.9. The highest BCUT2D eigenvalue weighted by Gasteiger charge is 2.55. The van der Waals surface area contributed by atoms with Gasteiger partial charge in [0, 0.05) is 60.0 Å². The van der Waals surface area contributed by atoms with Gasteiger partial charge >= 0.3 is 0 Å². The predicted octanol–water partition coefficient (Wildman–Crippen LogP) is 4.58. The van der Waals surface area contributed by atoms with Gasteiger partial charge in [-0.3, -0.25) is 0 Å². The van der Waals surface area contributed by atoms with E-state index in [9.17, 15) is 5.26 Å². The van der Waals surface area contributed by atoms with Crippen LogP contribution in [0.1, 0.15) is 37.7 Å². The lowest BCUT2D eigenvalue weighted by Crippen LogP contribution is -2.61. The molecule has 6 heteroatoms. The van der Waals surface area contributed by atoms with Crippen LogP contribution in [0.15, 0.2) is 47.1 Å². The summed E-state index contributed by atoms with van der Waals surface area (Å²) in [4.78, 5) is 10.2. The molecule has 32 heavy (non-hydrogen) atoms. The lowest BCUT2D eigenvalue weighted by molar-refractivity contribution is 0.199. The van der Waals surface area contributed by atoms with Crippen molar-refractivity contribution in [3.63, 3.8) is 0 Å². The second-order valence-corrected chi connectivity index (χ2v) is 11.0. The van der Waals surface area contributed by atoms with Crippen LogP contribution in [0.3, 0.4) is 0 Å². The number of aromatic nitrogens is 1. The quantitative estimate of drug-likeness (QED) is 0.666. The fourth-order valence-corrected chi connectivity index (χ4v) is 7.37. The maximum atomic E-state index is 9.18. The predicted molar refractivity (Wildman–Crippen MR) is 131 cm³/mol. The lowest BCUT2D eigenvalue weighted by Gasteiger charge is -2.49. The van der Waals surface area contributed by atoms with E-state index < -0.39 is 0 Å². The van der Waals surface area contributed by atoms with Crippen molar-refractivity contribution in [1.82, 2.24) is 10.3 Å². The number of benzene rings is 1. The molecule has 166 valence electrons. The van der Waals surface area contributed by atoms with Crippen LogP contribution in [0.2, 0.25) is 0 Å². The van der Waals surface area contributed by atoms with Gasteiger partial charge in [-0.05, 0) is 67.5 Å². The minimum absolute atomic E-state index is 0.534. The van der Waals surface area contributed by atoms with E-state index in [1.165, 1.54) is 37.8 Å². The Hall–Kier alpha value is -2.10. The van der Waals surface area contributed by atoms with E-state index in [2.05, 4.69) is 55.3 Å². The molecule has 0 radical (unpaired) electrons. The molecule has 2 saturated carbocycles. The van der Waals surface area contributed by atoms with E-state index >= 15 is 0 Å². The molecular formula is C26H30BrN5. The molecule has 6 unspecified atom stereocenters. The summed E-state index contributed by atoms with van der Waals surface area (Å²) in [7, 11) is 0. The molecule has 2 bridgehead atoms. The number of rotatable bonds is 2. The summed E-state index contributed by atoms with van der Waals surface area (Å²) in [6.07, 6.45) is 8.52. The highest BCUT2D eigenvalue weighted by Crippen LogP contribution is 2.48. The van der Waals surface area contributed by atoms with E-state index in [-0.39, 0.29) is 0 Å². The van der Waals surface area contributed by atoms with Crippen molar-refractivity contribution in [3.8, 4) is 6.07 Å². The first kappa shape index (κ1) is 20.5. The molecule has 2 aliphatic heterocycles. The largest absolute Gasteiger partial charge is 0.368 e. The monoisotopic (exact) mass is 491 g/mol. The van der Waals surface area contributed by atoms with Crippen molar-refractivity contribution in [2.45, 2.75) is 50.2 Å². The van der Waals surface area contributed by atoms with Crippen molar-refractivity contribution >= 4 is 27.4 Å². The Morgan fingerprint density at radius 3 is 2.66 bits per heavy atom. The zero-order valence-corrected chi connectivity index (χ0v) is 19.9. The zero-order valence-electron chi connectivity index (χ0n) is 18.3. The van der Waals surface area contributed by atoms with Crippen molar-refractivity contribution < 1.29 is 0 Å². The molecule has 2 saturated heterocycles.